The maximum Gasteiger partial charge on any atom is 0.319 e. The molecule has 2 unspecified atom stereocenters. The standard InChI is InChI=1S/C42H53F2N5O3.2C2H6/c1-6-15-48(22-40(3,4)5)38-31-21-45-36(30-18-28(50)17-26-11-12-32(43)29(7-2)34(26)30)35(44)37(31)46-39(47-38)52-25-42-13-8-10-33(42)49(16-9-14-42)27-19-41(20-27)23-51-24-41;2*1-2/h11-12,17-18,21,27,33,50H,6-10,13-16,19-20,22-25H2,1-5H3;2*1-2H3. The average molecular weight is 774 g/mol. The summed E-state index contributed by atoms with van der Waals surface area (Å²) in [6.45, 7) is 23.4. The second-order valence-electron chi connectivity index (χ2n) is 17.4. The highest BCUT2D eigenvalue weighted by atomic mass is 19.1. The number of hydrogen-bond acceptors (Lipinski definition) is 8. The fraction of sp³-hybridized carbons (Fsp3) is 0.630. The fourth-order valence-corrected chi connectivity index (χ4v) is 10.0. The van der Waals surface area contributed by atoms with Crippen LogP contribution in [-0.2, 0) is 11.2 Å². The molecule has 8 nitrogen and oxygen atoms in total. The Hall–Kier alpha value is -3.63. The zero-order valence-corrected chi connectivity index (χ0v) is 35.4. The van der Waals surface area contributed by atoms with E-state index in [0.717, 1.165) is 52.0 Å². The summed E-state index contributed by atoms with van der Waals surface area (Å²) < 4.78 is 44.5. The summed E-state index contributed by atoms with van der Waals surface area (Å²) in [5, 5.41) is 12.4. The number of benzene rings is 2. The fourth-order valence-electron chi connectivity index (χ4n) is 10.0. The van der Waals surface area contributed by atoms with Crippen molar-refractivity contribution in [2.75, 3.05) is 44.4 Å². The molecule has 2 aromatic heterocycles. The molecule has 2 aliphatic heterocycles. The number of nitrogens with zero attached hydrogens (tertiary/aromatic N) is 5. The van der Waals surface area contributed by atoms with Crippen LogP contribution in [0.5, 0.6) is 11.8 Å². The molecule has 4 heterocycles. The summed E-state index contributed by atoms with van der Waals surface area (Å²) in [4.78, 5) is 19.5. The topological polar surface area (TPSA) is 83.8 Å². The third-order valence-corrected chi connectivity index (χ3v) is 12.3. The lowest BCUT2D eigenvalue weighted by atomic mass is 9.62. The summed E-state index contributed by atoms with van der Waals surface area (Å²) in [5.74, 6) is -0.463. The molecular weight excluding hydrogens is 709 g/mol. The Kier molecular flexibility index (Phi) is 12.8. The largest absolute Gasteiger partial charge is 0.508 e. The van der Waals surface area contributed by atoms with Crippen LogP contribution >= 0.6 is 0 Å². The van der Waals surface area contributed by atoms with Gasteiger partial charge in [-0.1, -0.05) is 74.8 Å². The maximum absolute atomic E-state index is 17.2. The Morgan fingerprint density at radius 1 is 1.02 bits per heavy atom. The van der Waals surface area contributed by atoms with Crippen LogP contribution in [-0.4, -0.2) is 76.5 Å². The zero-order chi connectivity index (χ0) is 40.4. The molecule has 0 bridgehead atoms. The highest BCUT2D eigenvalue weighted by Gasteiger charge is 2.56. The van der Waals surface area contributed by atoms with Crippen LogP contribution in [0.1, 0.15) is 119 Å². The number of piperidine rings is 1. The van der Waals surface area contributed by atoms with E-state index in [1.165, 1.54) is 37.8 Å². The third-order valence-electron chi connectivity index (χ3n) is 12.3. The monoisotopic (exact) mass is 774 g/mol. The van der Waals surface area contributed by atoms with Gasteiger partial charge in [-0.25, -0.2) is 8.78 Å². The third kappa shape index (κ3) is 7.94. The highest BCUT2D eigenvalue weighted by Crippen LogP contribution is 2.55. The molecule has 0 amide bonds. The Labute approximate surface area is 333 Å². The molecule has 1 spiro atoms. The first-order valence-electron chi connectivity index (χ1n) is 21.5. The van der Waals surface area contributed by atoms with Crippen LogP contribution in [0, 0.1) is 27.9 Å². The minimum atomic E-state index is -0.643. The number of hydrogen-bond donors (Lipinski definition) is 1. The minimum Gasteiger partial charge on any atom is -0.508 e. The van der Waals surface area contributed by atoms with Gasteiger partial charge in [-0.05, 0) is 97.9 Å². The van der Waals surface area contributed by atoms with Gasteiger partial charge in [0.2, 0.25) is 0 Å². The van der Waals surface area contributed by atoms with Gasteiger partial charge in [0.05, 0.1) is 25.2 Å². The molecule has 2 saturated heterocycles. The van der Waals surface area contributed by atoms with Crippen LogP contribution in [0.4, 0.5) is 14.6 Å². The molecule has 8 rings (SSSR count). The van der Waals surface area contributed by atoms with E-state index in [4.69, 9.17) is 19.4 Å². The number of aromatic nitrogens is 3. The quantitative estimate of drug-likeness (QED) is 0.171. The number of aryl methyl sites for hydroxylation is 1. The molecule has 306 valence electrons. The first-order chi connectivity index (χ1) is 26.9. The molecule has 2 aliphatic carbocycles. The normalized spacial score (nSPS) is 21.7. The zero-order valence-electron chi connectivity index (χ0n) is 35.4. The Balaban J connectivity index is 0.00000129. The van der Waals surface area contributed by atoms with Crippen LogP contribution in [0.25, 0.3) is 32.9 Å². The number of ether oxygens (including phenoxy) is 2. The summed E-state index contributed by atoms with van der Waals surface area (Å²) >= 11 is 0. The summed E-state index contributed by atoms with van der Waals surface area (Å²) in [6, 6.07) is 7.29. The van der Waals surface area contributed by atoms with Gasteiger partial charge in [-0.2, -0.15) is 9.97 Å². The summed E-state index contributed by atoms with van der Waals surface area (Å²) in [5.41, 5.74) is 1.26. The Morgan fingerprint density at radius 3 is 2.41 bits per heavy atom. The van der Waals surface area contributed by atoms with E-state index in [2.05, 4.69) is 42.5 Å². The maximum atomic E-state index is 17.2. The lowest BCUT2D eigenvalue weighted by Crippen LogP contribution is -2.64. The molecule has 10 heteroatoms. The number of fused-ring (bicyclic) bond motifs is 3. The van der Waals surface area contributed by atoms with Gasteiger partial charge >= 0.3 is 6.01 Å². The van der Waals surface area contributed by atoms with Crippen molar-refractivity contribution in [2.24, 2.45) is 16.2 Å². The molecular formula is C46H65F2N5O3. The SMILES string of the molecule is CC.CC.CCCN(CC(C)(C)C)c1nc(OCC23CCCC2N(C2CC4(COC4)C2)CCC3)nc2c(F)c(-c3cc(O)cc4ccc(F)c(CC)c34)ncc12. The van der Waals surface area contributed by atoms with E-state index in [9.17, 15) is 5.11 Å². The van der Waals surface area contributed by atoms with Gasteiger partial charge in [0, 0.05) is 47.8 Å². The summed E-state index contributed by atoms with van der Waals surface area (Å²) in [7, 11) is 0. The number of phenolic OH excluding ortho intramolecular Hbond substituents is 1. The highest BCUT2D eigenvalue weighted by molar-refractivity contribution is 6.01. The van der Waals surface area contributed by atoms with Gasteiger partial charge in [-0.3, -0.25) is 9.88 Å². The lowest BCUT2D eigenvalue weighted by Gasteiger charge is -2.60. The van der Waals surface area contributed by atoms with Gasteiger partial charge in [0.15, 0.2) is 5.82 Å². The average Bonchev–Trinajstić information content (AvgIpc) is 3.59. The molecule has 1 N–H and O–H groups in total. The van der Waals surface area contributed by atoms with E-state index in [-0.39, 0.29) is 39.6 Å². The predicted molar refractivity (Wildman–Crippen MR) is 224 cm³/mol. The number of anilines is 1. The van der Waals surface area contributed by atoms with E-state index in [1.807, 2.05) is 34.6 Å². The van der Waals surface area contributed by atoms with Gasteiger partial charge < -0.3 is 19.5 Å². The molecule has 0 radical (unpaired) electrons. The van der Waals surface area contributed by atoms with Crippen LogP contribution in [0.2, 0.25) is 0 Å². The van der Waals surface area contributed by atoms with Crippen LogP contribution in [0.3, 0.4) is 0 Å². The number of rotatable bonds is 10. The van der Waals surface area contributed by atoms with Crippen molar-refractivity contribution in [3.8, 4) is 23.0 Å². The van der Waals surface area contributed by atoms with Crippen molar-refractivity contribution >= 4 is 27.5 Å². The van der Waals surface area contributed by atoms with Crippen LogP contribution in [0.15, 0.2) is 30.5 Å². The van der Waals surface area contributed by atoms with E-state index in [1.54, 1.807) is 18.3 Å². The molecule has 4 fully saturated rings. The number of pyridine rings is 1. The number of likely N-dealkylation sites (tertiary alicyclic amines) is 1. The van der Waals surface area contributed by atoms with E-state index < -0.39 is 5.82 Å². The summed E-state index contributed by atoms with van der Waals surface area (Å²) in [6.07, 6.45) is 11.1. The van der Waals surface area contributed by atoms with E-state index in [0.29, 0.717) is 70.2 Å². The first-order valence-corrected chi connectivity index (χ1v) is 21.5. The lowest BCUT2D eigenvalue weighted by molar-refractivity contribution is -0.196. The van der Waals surface area contributed by atoms with Gasteiger partial charge in [0.25, 0.3) is 0 Å². The first kappa shape index (κ1) is 42.0. The second-order valence-corrected chi connectivity index (χ2v) is 17.4. The number of aromatic hydroxyl groups is 1. The van der Waals surface area contributed by atoms with Crippen molar-refractivity contribution in [3.05, 3.63) is 47.7 Å². The number of halogens is 2. The van der Waals surface area contributed by atoms with Crippen LogP contribution < -0.4 is 9.64 Å². The van der Waals surface area contributed by atoms with Crippen molar-refractivity contribution in [2.45, 2.75) is 132 Å². The van der Waals surface area contributed by atoms with Gasteiger partial charge in [0.1, 0.15) is 28.6 Å². The molecule has 2 atom stereocenters. The molecule has 56 heavy (non-hydrogen) atoms. The second kappa shape index (κ2) is 17.1. The number of phenols is 1. The minimum absolute atomic E-state index is 0.00711. The molecule has 2 saturated carbocycles. The molecule has 2 aromatic carbocycles. The molecule has 4 aliphatic rings. The Morgan fingerprint density at radius 2 is 1.75 bits per heavy atom. The van der Waals surface area contributed by atoms with Crippen molar-refractivity contribution in [1.82, 2.24) is 19.9 Å². The predicted octanol–water partition coefficient (Wildman–Crippen LogP) is 10.9. The van der Waals surface area contributed by atoms with Gasteiger partial charge in [-0.15, -0.1) is 0 Å². The smallest absolute Gasteiger partial charge is 0.319 e. The molecule has 4 aromatic rings. The van der Waals surface area contributed by atoms with Crippen molar-refractivity contribution < 1.29 is 23.4 Å². The van der Waals surface area contributed by atoms with E-state index >= 15 is 8.78 Å². The Bertz CT molecular complexity index is 1990. The van der Waals surface area contributed by atoms with Crippen molar-refractivity contribution in [3.63, 3.8) is 0 Å². The van der Waals surface area contributed by atoms with Crippen molar-refractivity contribution in [1.29, 1.82) is 0 Å².